The second kappa shape index (κ2) is 13.3. The van der Waals surface area contributed by atoms with E-state index in [0.29, 0.717) is 45.9 Å². The maximum atomic E-state index is 11.7. The molecular formula is C33H35NO6. The number of aromatic hydroxyl groups is 1. The number of benzene rings is 4. The summed E-state index contributed by atoms with van der Waals surface area (Å²) in [6.45, 7) is 2.89. The zero-order valence-electron chi connectivity index (χ0n) is 22.4. The van der Waals surface area contributed by atoms with Crippen molar-refractivity contribution in [3.05, 3.63) is 108 Å². The van der Waals surface area contributed by atoms with Gasteiger partial charge in [0, 0.05) is 24.3 Å². The van der Waals surface area contributed by atoms with E-state index in [0.717, 1.165) is 39.6 Å². The molecule has 0 radical (unpaired) electrons. The summed E-state index contributed by atoms with van der Waals surface area (Å²) in [5.74, 6) is 1.09. The molecule has 0 saturated carbocycles. The fourth-order valence-corrected chi connectivity index (χ4v) is 5.16. The molecule has 4 aromatic carbocycles. The molecule has 7 nitrogen and oxygen atoms in total. The molecule has 208 valence electrons. The molecule has 40 heavy (non-hydrogen) atoms. The topological polar surface area (TPSA) is 88.5 Å². The van der Waals surface area contributed by atoms with Gasteiger partial charge in [-0.05, 0) is 52.8 Å². The maximum Gasteiger partial charge on any atom is 0.407 e. The number of nitrogens with zero attached hydrogens (tertiary/aromatic N) is 1. The molecule has 2 unspecified atom stereocenters. The minimum atomic E-state index is -0.931. The normalized spacial score (nSPS) is 17.1. The van der Waals surface area contributed by atoms with E-state index in [1.807, 2.05) is 84.9 Å². The number of piperidine rings is 1. The number of carboxylic acid groups (broad SMARTS) is 1. The molecule has 1 heterocycles. The van der Waals surface area contributed by atoms with Crippen LogP contribution in [0, 0.1) is 0 Å². The highest BCUT2D eigenvalue weighted by molar-refractivity contribution is 5.88. The second-order valence-electron chi connectivity index (χ2n) is 10.1. The van der Waals surface area contributed by atoms with Crippen molar-refractivity contribution < 1.29 is 29.2 Å². The van der Waals surface area contributed by atoms with Gasteiger partial charge in [0.25, 0.3) is 0 Å². The third-order valence-electron chi connectivity index (χ3n) is 7.34. The van der Waals surface area contributed by atoms with E-state index in [-0.39, 0.29) is 17.8 Å². The molecule has 1 saturated heterocycles. The van der Waals surface area contributed by atoms with Crippen LogP contribution in [0.3, 0.4) is 0 Å². The van der Waals surface area contributed by atoms with Crippen molar-refractivity contribution in [1.82, 2.24) is 4.90 Å². The molecule has 7 heteroatoms. The molecule has 0 aromatic heterocycles. The van der Waals surface area contributed by atoms with Crippen molar-refractivity contribution >= 4 is 16.9 Å². The fourth-order valence-electron chi connectivity index (χ4n) is 5.16. The Morgan fingerprint density at radius 2 is 1.70 bits per heavy atom. The Balaban J connectivity index is 1.16. The number of amides is 1. The minimum absolute atomic E-state index is 0.0601. The van der Waals surface area contributed by atoms with Gasteiger partial charge in [0.2, 0.25) is 0 Å². The first kappa shape index (κ1) is 27.5. The lowest BCUT2D eigenvalue weighted by atomic mass is 9.87. The average Bonchev–Trinajstić information content (AvgIpc) is 2.99. The first-order valence-electron chi connectivity index (χ1n) is 13.7. The van der Waals surface area contributed by atoms with Gasteiger partial charge in [-0.1, -0.05) is 66.7 Å². The van der Waals surface area contributed by atoms with E-state index >= 15 is 0 Å². The Kier molecular flexibility index (Phi) is 9.16. The van der Waals surface area contributed by atoms with Gasteiger partial charge >= 0.3 is 6.09 Å². The molecule has 0 bridgehead atoms. The van der Waals surface area contributed by atoms with E-state index in [9.17, 15) is 15.0 Å². The number of carbonyl (C=O) groups is 1. The zero-order valence-corrected chi connectivity index (χ0v) is 22.4. The van der Waals surface area contributed by atoms with Gasteiger partial charge in [0.05, 0.1) is 39.1 Å². The van der Waals surface area contributed by atoms with E-state index in [1.165, 1.54) is 4.90 Å². The van der Waals surface area contributed by atoms with Crippen LogP contribution < -0.4 is 4.74 Å². The number of fused-ring (bicyclic) bond motifs is 1. The lowest BCUT2D eigenvalue weighted by Crippen LogP contribution is -2.46. The summed E-state index contributed by atoms with van der Waals surface area (Å²) in [5.41, 5.74) is 3.19. The lowest BCUT2D eigenvalue weighted by Gasteiger charge is -2.37. The number of hydrogen-bond donors (Lipinski definition) is 2. The van der Waals surface area contributed by atoms with Crippen LogP contribution in [0.5, 0.6) is 11.5 Å². The van der Waals surface area contributed by atoms with Gasteiger partial charge in [0.15, 0.2) is 0 Å². The highest BCUT2D eigenvalue weighted by Gasteiger charge is 2.33. The third-order valence-corrected chi connectivity index (χ3v) is 7.34. The van der Waals surface area contributed by atoms with E-state index in [2.05, 4.69) is 0 Å². The standard InChI is InChI=1S/C33H35NO6/c35-31-9-4-8-26-11-10-25(20-30(26)31)23-40-32-21-34(33(36)37)17-16-29(32)27-12-14-28(15-13-27)39-19-5-18-38-22-24-6-2-1-3-7-24/h1-4,6-15,20,29,32,35H,5,16-19,21-23H2,(H,36,37). The van der Waals surface area contributed by atoms with Crippen molar-refractivity contribution in [1.29, 1.82) is 0 Å². The molecule has 4 aromatic rings. The van der Waals surface area contributed by atoms with E-state index in [4.69, 9.17) is 14.2 Å². The van der Waals surface area contributed by atoms with Crippen LogP contribution in [0.4, 0.5) is 4.79 Å². The number of phenols is 1. The summed E-state index contributed by atoms with van der Waals surface area (Å²) in [7, 11) is 0. The molecule has 2 N–H and O–H groups in total. The van der Waals surface area contributed by atoms with Gasteiger partial charge in [-0.25, -0.2) is 4.79 Å². The number of phenolic OH excluding ortho intramolecular Hbond substituents is 1. The average molecular weight is 542 g/mol. The minimum Gasteiger partial charge on any atom is -0.507 e. The second-order valence-corrected chi connectivity index (χ2v) is 10.1. The van der Waals surface area contributed by atoms with Crippen LogP contribution in [-0.4, -0.2) is 53.6 Å². The fraction of sp³-hybridized carbons (Fsp3) is 0.303. The highest BCUT2D eigenvalue weighted by atomic mass is 16.5. The van der Waals surface area contributed by atoms with Crippen LogP contribution in [-0.2, 0) is 22.7 Å². The van der Waals surface area contributed by atoms with Crippen LogP contribution in [0.1, 0.15) is 35.4 Å². The van der Waals surface area contributed by atoms with Gasteiger partial charge in [0.1, 0.15) is 11.5 Å². The van der Waals surface area contributed by atoms with Gasteiger partial charge in [-0.3, -0.25) is 0 Å². The quantitative estimate of drug-likeness (QED) is 0.209. The van der Waals surface area contributed by atoms with Crippen molar-refractivity contribution in [2.75, 3.05) is 26.3 Å². The largest absolute Gasteiger partial charge is 0.507 e. The van der Waals surface area contributed by atoms with Crippen LogP contribution in [0.15, 0.2) is 91.0 Å². The number of hydrogen-bond acceptors (Lipinski definition) is 5. The Labute approximate surface area is 234 Å². The number of rotatable bonds is 11. The highest BCUT2D eigenvalue weighted by Crippen LogP contribution is 2.33. The summed E-state index contributed by atoms with van der Waals surface area (Å²) in [5, 5.41) is 21.6. The summed E-state index contributed by atoms with van der Waals surface area (Å²) in [4.78, 5) is 13.1. The molecule has 1 aliphatic heterocycles. The summed E-state index contributed by atoms with van der Waals surface area (Å²) < 4.78 is 18.0. The van der Waals surface area contributed by atoms with Crippen LogP contribution in [0.2, 0.25) is 0 Å². The monoisotopic (exact) mass is 541 g/mol. The van der Waals surface area contributed by atoms with Gasteiger partial charge in [-0.2, -0.15) is 0 Å². The molecule has 2 atom stereocenters. The smallest absolute Gasteiger partial charge is 0.407 e. The number of likely N-dealkylation sites (tertiary alicyclic amines) is 1. The lowest BCUT2D eigenvalue weighted by molar-refractivity contribution is -0.0199. The predicted octanol–water partition coefficient (Wildman–Crippen LogP) is 6.58. The summed E-state index contributed by atoms with van der Waals surface area (Å²) in [6, 6.07) is 29.4. The Morgan fingerprint density at radius 3 is 2.50 bits per heavy atom. The van der Waals surface area contributed by atoms with Crippen molar-refractivity contribution in [2.24, 2.45) is 0 Å². The molecule has 1 aliphatic rings. The van der Waals surface area contributed by atoms with Crippen molar-refractivity contribution in [3.63, 3.8) is 0 Å². The Bertz CT molecular complexity index is 1390. The Hall–Kier alpha value is -4.07. The first-order chi connectivity index (χ1) is 19.6. The van der Waals surface area contributed by atoms with Crippen LogP contribution in [0.25, 0.3) is 10.8 Å². The number of ether oxygens (including phenoxy) is 3. The van der Waals surface area contributed by atoms with E-state index in [1.54, 1.807) is 6.07 Å². The molecule has 1 fully saturated rings. The molecule has 0 spiro atoms. The van der Waals surface area contributed by atoms with Crippen LogP contribution >= 0.6 is 0 Å². The Morgan fingerprint density at radius 1 is 0.875 bits per heavy atom. The maximum absolute atomic E-state index is 11.7. The third kappa shape index (κ3) is 7.11. The predicted molar refractivity (Wildman–Crippen MR) is 154 cm³/mol. The van der Waals surface area contributed by atoms with E-state index < -0.39 is 6.09 Å². The summed E-state index contributed by atoms with van der Waals surface area (Å²) >= 11 is 0. The first-order valence-corrected chi connectivity index (χ1v) is 13.7. The van der Waals surface area contributed by atoms with Crippen molar-refractivity contribution in [3.8, 4) is 11.5 Å². The van der Waals surface area contributed by atoms with Gasteiger partial charge in [-0.15, -0.1) is 0 Å². The molecule has 5 rings (SSSR count). The van der Waals surface area contributed by atoms with Gasteiger partial charge < -0.3 is 29.3 Å². The SMILES string of the molecule is O=C(O)N1CCC(c2ccc(OCCCOCc3ccccc3)cc2)C(OCc2ccc3cccc(O)c3c2)C1. The zero-order chi connectivity index (χ0) is 27.7. The molecule has 0 aliphatic carbocycles. The molecular weight excluding hydrogens is 506 g/mol. The molecule has 1 amide bonds. The summed E-state index contributed by atoms with van der Waals surface area (Å²) in [6.07, 6.45) is 0.247. The van der Waals surface area contributed by atoms with Crippen molar-refractivity contribution in [2.45, 2.75) is 38.1 Å².